The predicted molar refractivity (Wildman–Crippen MR) is 122 cm³/mol. The molecule has 0 radical (unpaired) electrons. The molecule has 4 aromatic rings. The Labute approximate surface area is 188 Å². The molecule has 0 aliphatic rings. The number of aromatic nitrogens is 4. The molecular weight excluding hydrogens is 426 g/mol. The van der Waals surface area contributed by atoms with E-state index in [2.05, 4.69) is 31.9 Å². The summed E-state index contributed by atoms with van der Waals surface area (Å²) in [6.45, 7) is 2.05. The lowest BCUT2D eigenvalue weighted by Gasteiger charge is -2.17. The Bertz CT molecular complexity index is 1270. The van der Waals surface area contributed by atoms with Gasteiger partial charge in [0.25, 0.3) is 5.91 Å². The van der Waals surface area contributed by atoms with Crippen molar-refractivity contribution >= 4 is 28.1 Å². The number of nitrogens with zero attached hydrogens (tertiary/aromatic N) is 4. The van der Waals surface area contributed by atoms with Crippen LogP contribution in [0.4, 0.5) is 0 Å². The third-order valence-corrected chi connectivity index (χ3v) is 5.79. The van der Waals surface area contributed by atoms with E-state index in [1.165, 1.54) is 22.6 Å². The molecule has 162 valence electrons. The van der Waals surface area contributed by atoms with E-state index in [1.807, 2.05) is 24.3 Å². The smallest absolute Gasteiger partial charge is 0.282 e. The Morgan fingerprint density at radius 2 is 2.12 bits per heavy atom. The number of carbonyl (C=O) groups is 1. The van der Waals surface area contributed by atoms with Gasteiger partial charge >= 0.3 is 0 Å². The zero-order chi connectivity index (χ0) is 22.6. The van der Waals surface area contributed by atoms with E-state index in [0.29, 0.717) is 22.0 Å². The van der Waals surface area contributed by atoms with Gasteiger partial charge in [-0.2, -0.15) is 0 Å². The van der Waals surface area contributed by atoms with Gasteiger partial charge < -0.3 is 14.8 Å². The number of H-pyrrole nitrogens is 1. The van der Waals surface area contributed by atoms with Crippen LogP contribution in [0.2, 0.25) is 0 Å². The van der Waals surface area contributed by atoms with Gasteiger partial charge in [-0.25, -0.2) is 15.0 Å². The van der Waals surface area contributed by atoms with Gasteiger partial charge in [0, 0.05) is 47.4 Å². The highest BCUT2D eigenvalue weighted by atomic mass is 32.1. The number of benzene rings is 1. The third kappa shape index (κ3) is 4.38. The molecule has 0 unspecified atom stereocenters. The van der Waals surface area contributed by atoms with Crippen LogP contribution in [0.15, 0.2) is 54.4 Å². The van der Waals surface area contributed by atoms with Crippen LogP contribution in [0, 0.1) is 12.0 Å². The molecule has 1 atom stereocenters. The second-order valence-electron chi connectivity index (χ2n) is 7.11. The number of thiazole rings is 1. The Morgan fingerprint density at radius 3 is 2.84 bits per heavy atom. The summed E-state index contributed by atoms with van der Waals surface area (Å²) in [4.78, 5) is 30.6. The highest BCUT2D eigenvalue weighted by molar-refractivity contribution is 7.09. The zero-order valence-corrected chi connectivity index (χ0v) is 18.4. The Balaban J connectivity index is 1.78. The van der Waals surface area contributed by atoms with Gasteiger partial charge in [0.1, 0.15) is 17.0 Å². The van der Waals surface area contributed by atoms with Crippen molar-refractivity contribution in [2.45, 2.75) is 12.5 Å². The first-order chi connectivity index (χ1) is 15.5. The van der Waals surface area contributed by atoms with E-state index in [0.717, 1.165) is 10.9 Å². The van der Waals surface area contributed by atoms with Gasteiger partial charge in [-0.3, -0.25) is 9.69 Å². The highest BCUT2D eigenvalue weighted by Gasteiger charge is 2.26. The number of nitrogens with one attached hydrogen (secondary N) is 1. The van der Waals surface area contributed by atoms with Crippen molar-refractivity contribution in [1.29, 1.82) is 0 Å². The second-order valence-corrected chi connectivity index (χ2v) is 8.01. The van der Waals surface area contributed by atoms with Crippen molar-refractivity contribution in [3.63, 3.8) is 0 Å². The molecule has 3 aromatic heterocycles. The molecular formula is C23H21N5O3S. The van der Waals surface area contributed by atoms with E-state index in [-0.39, 0.29) is 19.1 Å². The molecule has 0 saturated heterocycles. The Kier molecular flexibility index (Phi) is 6.28. The van der Waals surface area contributed by atoms with E-state index in [4.69, 9.17) is 4.74 Å². The van der Waals surface area contributed by atoms with Crippen LogP contribution in [0.25, 0.3) is 22.2 Å². The second kappa shape index (κ2) is 9.28. The van der Waals surface area contributed by atoms with Crippen molar-refractivity contribution < 1.29 is 14.6 Å². The molecule has 8 nitrogen and oxygen atoms in total. The molecule has 1 aromatic carbocycles. The maximum absolute atomic E-state index is 13.6. The number of amides is 1. The lowest BCUT2D eigenvalue weighted by atomic mass is 10.1. The number of methoxy groups -OCH3 is 1. The lowest BCUT2D eigenvalue weighted by Crippen LogP contribution is -2.31. The molecule has 2 N–H and O–H groups in total. The van der Waals surface area contributed by atoms with Crippen LogP contribution in [0.5, 0.6) is 0 Å². The summed E-state index contributed by atoms with van der Waals surface area (Å²) in [5, 5.41) is 13.8. The number of aromatic amines is 1. The number of aliphatic hydroxyl groups is 1. The minimum absolute atomic E-state index is 0.217. The fourth-order valence-electron chi connectivity index (χ4n) is 3.23. The summed E-state index contributed by atoms with van der Waals surface area (Å²) >= 11 is 1.29. The maximum Gasteiger partial charge on any atom is 0.282 e. The van der Waals surface area contributed by atoms with Gasteiger partial charge in [0.2, 0.25) is 0 Å². The first-order valence-corrected chi connectivity index (χ1v) is 10.7. The lowest BCUT2D eigenvalue weighted by molar-refractivity contribution is 0.0785. The molecule has 4 rings (SSSR count). The number of ether oxygens (including phenoxy) is 1. The number of hydrogen-bond donors (Lipinski definition) is 2. The normalized spacial score (nSPS) is 12.7. The summed E-state index contributed by atoms with van der Waals surface area (Å²) < 4.78 is 5.17. The summed E-state index contributed by atoms with van der Waals surface area (Å²) in [7, 11) is 1.55. The van der Waals surface area contributed by atoms with Crippen LogP contribution in [0.1, 0.15) is 22.4 Å². The Morgan fingerprint density at radius 1 is 1.28 bits per heavy atom. The van der Waals surface area contributed by atoms with Gasteiger partial charge in [-0.1, -0.05) is 18.2 Å². The summed E-state index contributed by atoms with van der Waals surface area (Å²) in [6.07, 6.45) is 4.67. The fraction of sp³-hybridized carbons (Fsp3) is 0.217. The average molecular weight is 448 g/mol. The molecule has 9 heteroatoms. The number of carbonyl (C=O) groups excluding carboxylic acids is 1. The monoisotopic (exact) mass is 447 g/mol. The van der Waals surface area contributed by atoms with Gasteiger partial charge in [-0.15, -0.1) is 11.3 Å². The average Bonchev–Trinajstić information content (AvgIpc) is 3.48. The summed E-state index contributed by atoms with van der Waals surface area (Å²) in [6, 6.07) is 12.2. The van der Waals surface area contributed by atoms with E-state index in [1.54, 1.807) is 37.9 Å². The Hall–Kier alpha value is -3.58. The van der Waals surface area contributed by atoms with Crippen molar-refractivity contribution in [2.24, 2.45) is 0 Å². The molecule has 0 aliphatic heterocycles. The fourth-order valence-corrected chi connectivity index (χ4v) is 3.88. The number of fused-ring (bicyclic) bond motifs is 1. The van der Waals surface area contributed by atoms with Crippen LogP contribution >= 0.6 is 11.3 Å². The first-order valence-electron chi connectivity index (χ1n) is 9.84. The van der Waals surface area contributed by atoms with Crippen molar-refractivity contribution in [2.75, 3.05) is 20.3 Å². The third-order valence-electron chi connectivity index (χ3n) is 4.81. The topological polar surface area (TPSA) is 104 Å². The zero-order valence-electron chi connectivity index (χ0n) is 17.6. The van der Waals surface area contributed by atoms with Crippen molar-refractivity contribution in [3.05, 3.63) is 65.1 Å². The highest BCUT2D eigenvalue weighted by Crippen LogP contribution is 2.31. The van der Waals surface area contributed by atoms with E-state index < -0.39 is 5.60 Å². The molecule has 0 bridgehead atoms. The van der Waals surface area contributed by atoms with Crippen LogP contribution in [0.3, 0.4) is 0 Å². The van der Waals surface area contributed by atoms with Gasteiger partial charge in [0.05, 0.1) is 18.8 Å². The summed E-state index contributed by atoms with van der Waals surface area (Å²) in [5.41, 5.74) is 0.956. The minimum Gasteiger partial charge on any atom is -0.383 e. The van der Waals surface area contributed by atoms with Crippen molar-refractivity contribution in [1.82, 2.24) is 24.8 Å². The maximum atomic E-state index is 13.6. The summed E-state index contributed by atoms with van der Waals surface area (Å²) in [5.74, 6) is 2.43. The molecule has 0 aliphatic carbocycles. The minimum atomic E-state index is -1.49. The molecule has 0 spiro atoms. The SMILES string of the molecule is COCCN(C#C[C@](C)(O)c1nccs1)C(=O)c1[nH]c2ccccc2c1-c1ccncn1. The number of hydrogen-bond acceptors (Lipinski definition) is 7. The quantitative estimate of drug-likeness (QED) is 0.348. The van der Waals surface area contributed by atoms with Crippen molar-refractivity contribution in [3.8, 4) is 23.2 Å². The predicted octanol–water partition coefficient (Wildman–Crippen LogP) is 3.04. The van der Waals surface area contributed by atoms with Gasteiger partial charge in [-0.05, 0) is 25.0 Å². The number of para-hydroxylation sites is 1. The number of rotatable bonds is 6. The van der Waals surface area contributed by atoms with Gasteiger partial charge in [0.15, 0.2) is 5.60 Å². The molecule has 0 saturated carbocycles. The molecule has 1 amide bonds. The van der Waals surface area contributed by atoms with Crippen LogP contribution in [-0.2, 0) is 10.3 Å². The van der Waals surface area contributed by atoms with E-state index in [9.17, 15) is 9.90 Å². The van der Waals surface area contributed by atoms with E-state index >= 15 is 0 Å². The molecule has 32 heavy (non-hydrogen) atoms. The largest absolute Gasteiger partial charge is 0.383 e. The molecule has 3 heterocycles. The first kappa shape index (κ1) is 21.6. The molecule has 0 fully saturated rings. The van der Waals surface area contributed by atoms with Crippen LogP contribution in [-0.4, -0.2) is 56.1 Å². The van der Waals surface area contributed by atoms with Crippen LogP contribution < -0.4 is 0 Å². The standard InChI is InChI=1S/C23H21N5O3S/c1-23(30,22-25-10-14-32-22)8-11-28(12-13-31-2)21(29)20-19(18-7-9-24-15-26-18)16-5-3-4-6-17(16)27-20/h3-7,9-10,14-15,27,30H,12-13H2,1-2H3/t23-/m0/s1.